The largest absolute Gasteiger partial charge is 0.465 e. The Morgan fingerprint density at radius 2 is 1.54 bits per heavy atom. The van der Waals surface area contributed by atoms with Crippen molar-refractivity contribution in [3.05, 3.63) is 60.2 Å². The summed E-state index contributed by atoms with van der Waals surface area (Å²) in [4.78, 5) is 11.7. The summed E-state index contributed by atoms with van der Waals surface area (Å²) in [5, 5.41) is 29.0. The van der Waals surface area contributed by atoms with Gasteiger partial charge in [-0.25, -0.2) is 9.10 Å². The zero-order chi connectivity index (χ0) is 28.6. The molecule has 2 aromatic carbocycles. The number of carboxylic acid groups (broad SMARTS) is 1. The molecule has 2 aromatic rings. The topological polar surface area (TPSA) is 119 Å². The number of hydrogen-bond acceptors (Lipinski definition) is 6. The number of aliphatic hydroxyl groups is 2. The molecule has 0 aromatic heterocycles. The molecule has 4 rings (SSSR count). The Labute approximate surface area is 240 Å². The van der Waals surface area contributed by atoms with Gasteiger partial charge in [0.15, 0.2) is 0 Å². The Hall–Kier alpha value is -2.26. The van der Waals surface area contributed by atoms with Crippen LogP contribution in [0.2, 0.25) is 0 Å². The molecule has 6 N–H and O–H groups in total. The van der Waals surface area contributed by atoms with Crippen LogP contribution in [0.3, 0.4) is 0 Å². The molecule has 0 spiro atoms. The fourth-order valence-corrected chi connectivity index (χ4v) is 5.31. The number of amides is 1. The minimum absolute atomic E-state index is 0.250. The first kappa shape index (κ1) is 34.8. The Balaban J connectivity index is 0.000000407. The summed E-state index contributed by atoms with van der Waals surface area (Å²) in [7, 11) is 0. The molecule has 0 saturated heterocycles. The predicted molar refractivity (Wildman–Crippen MR) is 164 cm³/mol. The van der Waals surface area contributed by atoms with E-state index in [1.165, 1.54) is 51.4 Å². The van der Waals surface area contributed by atoms with Crippen LogP contribution in [0.15, 0.2) is 59.5 Å². The summed E-state index contributed by atoms with van der Waals surface area (Å²) in [5.41, 5.74) is 7.17. The first-order valence-corrected chi connectivity index (χ1v) is 15.3. The highest BCUT2D eigenvalue weighted by Crippen LogP contribution is 2.29. The number of rotatable bonds is 4. The number of nitrogens with zero attached hydrogens (tertiary/aromatic N) is 1. The van der Waals surface area contributed by atoms with Crippen LogP contribution in [0.25, 0.3) is 0 Å². The first-order valence-electron chi connectivity index (χ1n) is 14.5. The normalized spacial score (nSPS) is 17.7. The van der Waals surface area contributed by atoms with E-state index in [2.05, 4.69) is 21.8 Å². The number of nitrogen functional groups attached to an aromatic ring is 1. The summed E-state index contributed by atoms with van der Waals surface area (Å²) in [6.45, 7) is 4.26. The van der Waals surface area contributed by atoms with Crippen molar-refractivity contribution >= 4 is 23.7 Å². The first-order chi connectivity index (χ1) is 19.0. The van der Waals surface area contributed by atoms with E-state index in [-0.39, 0.29) is 12.7 Å². The van der Waals surface area contributed by atoms with Gasteiger partial charge in [0.25, 0.3) is 0 Å². The van der Waals surface area contributed by atoms with Crippen LogP contribution in [0, 0.1) is 0 Å². The van der Waals surface area contributed by atoms with Crippen LogP contribution in [0.4, 0.5) is 10.5 Å². The van der Waals surface area contributed by atoms with Gasteiger partial charge in [0.1, 0.15) is 0 Å². The van der Waals surface area contributed by atoms with Gasteiger partial charge in [0.05, 0.1) is 6.10 Å². The molecule has 1 atom stereocenters. The highest BCUT2D eigenvalue weighted by molar-refractivity contribution is 7.97. The maximum absolute atomic E-state index is 10.5. The fourth-order valence-electron chi connectivity index (χ4n) is 4.24. The van der Waals surface area contributed by atoms with E-state index in [0.29, 0.717) is 6.54 Å². The van der Waals surface area contributed by atoms with Crippen LogP contribution < -0.4 is 11.1 Å². The third-order valence-corrected chi connectivity index (χ3v) is 7.36. The molecule has 7 nitrogen and oxygen atoms in total. The van der Waals surface area contributed by atoms with Gasteiger partial charge in [-0.15, -0.1) is 0 Å². The van der Waals surface area contributed by atoms with Gasteiger partial charge in [-0.05, 0) is 68.0 Å². The van der Waals surface area contributed by atoms with Crippen molar-refractivity contribution < 1.29 is 20.1 Å². The minimum atomic E-state index is -0.964. The molecule has 0 radical (unpaired) electrons. The summed E-state index contributed by atoms with van der Waals surface area (Å²) in [6, 6.07) is 17.6. The van der Waals surface area contributed by atoms with Crippen molar-refractivity contribution in [3.63, 3.8) is 0 Å². The lowest BCUT2D eigenvalue weighted by molar-refractivity contribution is 0.163. The summed E-state index contributed by atoms with van der Waals surface area (Å²) in [6.07, 6.45) is 13.6. The smallest absolute Gasteiger partial charge is 0.404 e. The van der Waals surface area contributed by atoms with Gasteiger partial charge in [-0.1, -0.05) is 88.1 Å². The number of para-hydroxylation sites is 1. The van der Waals surface area contributed by atoms with E-state index in [1.807, 2.05) is 42.5 Å². The molecule has 1 amide bonds. The Morgan fingerprint density at radius 3 is 2.10 bits per heavy atom. The van der Waals surface area contributed by atoms with Crippen LogP contribution in [0.1, 0.15) is 95.6 Å². The highest BCUT2D eigenvalue weighted by atomic mass is 32.2. The Bertz CT molecular complexity index is 845. The average Bonchev–Trinajstić information content (AvgIpc) is 3.52. The molecule has 1 fully saturated rings. The van der Waals surface area contributed by atoms with Crippen molar-refractivity contribution in [2.24, 2.45) is 0 Å². The number of aliphatic hydroxyl groups excluding tert-OH is 2. The number of carbonyl (C=O) groups is 1. The molecule has 1 unspecified atom stereocenters. The van der Waals surface area contributed by atoms with Gasteiger partial charge in [0.2, 0.25) is 0 Å². The SMILES string of the molecule is C1CCCC1.CCO.Nc1ccccc1.O=C(O)NCCCN1CCCCCCCC(O)c2cccc(c2)S1. The summed E-state index contributed by atoms with van der Waals surface area (Å²) >= 11 is 1.71. The maximum atomic E-state index is 10.5. The zero-order valence-corrected chi connectivity index (χ0v) is 24.6. The summed E-state index contributed by atoms with van der Waals surface area (Å²) < 4.78 is 2.31. The number of fused-ring (bicyclic) bond motifs is 2. The van der Waals surface area contributed by atoms with E-state index >= 15 is 0 Å². The van der Waals surface area contributed by atoms with Gasteiger partial charge in [-0.2, -0.15) is 0 Å². The molecule has 39 heavy (non-hydrogen) atoms. The van der Waals surface area contributed by atoms with E-state index < -0.39 is 6.09 Å². The maximum Gasteiger partial charge on any atom is 0.404 e. The molecule has 1 saturated carbocycles. The van der Waals surface area contributed by atoms with Crippen LogP contribution in [0.5, 0.6) is 0 Å². The molecule has 220 valence electrons. The van der Waals surface area contributed by atoms with Crippen LogP contribution >= 0.6 is 11.9 Å². The number of nitrogens with one attached hydrogen (secondary N) is 1. The van der Waals surface area contributed by atoms with Gasteiger partial charge < -0.3 is 26.4 Å². The second-order valence-corrected chi connectivity index (χ2v) is 10.9. The average molecular weight is 562 g/mol. The molecule has 2 aliphatic rings. The molecule has 1 aliphatic carbocycles. The molecule has 2 bridgehead atoms. The van der Waals surface area contributed by atoms with E-state index in [1.54, 1.807) is 18.9 Å². The van der Waals surface area contributed by atoms with Crippen molar-refractivity contribution in [1.82, 2.24) is 9.62 Å². The third kappa shape index (κ3) is 19.4. The summed E-state index contributed by atoms with van der Waals surface area (Å²) in [5.74, 6) is 0. The lowest BCUT2D eigenvalue weighted by Gasteiger charge is -2.21. The molecule has 1 aliphatic heterocycles. The fraction of sp³-hybridized carbons (Fsp3) is 0.581. The Kier molecular flexibility index (Phi) is 21.0. The quantitative estimate of drug-likeness (QED) is 0.151. The minimum Gasteiger partial charge on any atom is -0.465 e. The van der Waals surface area contributed by atoms with Crippen molar-refractivity contribution in [1.29, 1.82) is 0 Å². The molecular weight excluding hydrogens is 510 g/mol. The molecular formula is C31H51N3O4S. The van der Waals surface area contributed by atoms with Crippen molar-refractivity contribution in [3.8, 4) is 0 Å². The van der Waals surface area contributed by atoms with E-state index in [9.17, 15) is 9.90 Å². The van der Waals surface area contributed by atoms with Crippen LogP contribution in [-0.2, 0) is 0 Å². The van der Waals surface area contributed by atoms with Crippen LogP contribution in [-0.4, -0.2) is 52.0 Å². The lowest BCUT2D eigenvalue weighted by atomic mass is 10.0. The zero-order valence-electron chi connectivity index (χ0n) is 23.8. The van der Waals surface area contributed by atoms with Gasteiger partial charge in [-0.3, -0.25) is 0 Å². The molecule has 1 heterocycles. The van der Waals surface area contributed by atoms with Crippen molar-refractivity contribution in [2.45, 2.75) is 95.0 Å². The third-order valence-electron chi connectivity index (χ3n) is 6.27. The lowest BCUT2D eigenvalue weighted by Crippen LogP contribution is -2.26. The van der Waals surface area contributed by atoms with E-state index in [4.69, 9.17) is 15.9 Å². The second-order valence-electron chi connectivity index (χ2n) is 9.75. The van der Waals surface area contributed by atoms with E-state index in [0.717, 1.165) is 54.9 Å². The molecule has 8 heteroatoms. The number of hydrogen-bond donors (Lipinski definition) is 5. The monoisotopic (exact) mass is 561 g/mol. The number of benzene rings is 2. The van der Waals surface area contributed by atoms with Gasteiger partial charge >= 0.3 is 6.09 Å². The van der Waals surface area contributed by atoms with Gasteiger partial charge in [0, 0.05) is 36.8 Å². The predicted octanol–water partition coefficient (Wildman–Crippen LogP) is 7.26. The Morgan fingerprint density at radius 1 is 0.949 bits per heavy atom. The second kappa shape index (κ2) is 23.6. The number of nitrogens with two attached hydrogens (primary N) is 1. The highest BCUT2D eigenvalue weighted by Gasteiger charge is 2.12. The number of anilines is 1. The standard InChI is InChI=1S/C18H28N2O3S.C6H7N.C5H10.C2H6O/c21-17-10-4-2-1-3-5-12-20(13-7-11-19-18(22)23)24-16-9-6-8-15(17)14-16;7-6-4-2-1-3-5-6;1-2-4-5-3-1;1-2-3/h6,8-9,14,17,19,21H,1-5,7,10-13H2,(H,22,23);1-5H,7H2;1-5H2;3H,2H2,1H3. The van der Waals surface area contributed by atoms with Crippen molar-refractivity contribution in [2.75, 3.05) is 32.0 Å².